The maximum Gasteiger partial charge on any atom is 0.273 e. The first-order valence-electron chi connectivity index (χ1n) is 8.87. The number of benzene rings is 1. The lowest BCUT2D eigenvalue weighted by Gasteiger charge is -2.23. The molecule has 1 saturated heterocycles. The van der Waals surface area contributed by atoms with Gasteiger partial charge in [-0.25, -0.2) is 4.98 Å². The standard InChI is InChI=1S/C19H25N3O2S/c1-3-11-24-16-8-6-14(7-9-16)18-21-17(13-25-18)19(23)22-10-4-5-15(22)12-20-2/h6-9,13,15,20H,3-5,10-12H2,1-2H3. The monoisotopic (exact) mass is 359 g/mol. The Labute approximate surface area is 153 Å². The van der Waals surface area contributed by atoms with Crippen LogP contribution in [0.1, 0.15) is 36.7 Å². The average molecular weight is 359 g/mol. The summed E-state index contributed by atoms with van der Waals surface area (Å²) in [5.74, 6) is 0.911. The van der Waals surface area contributed by atoms with Crippen LogP contribution in [-0.2, 0) is 0 Å². The molecular weight excluding hydrogens is 334 g/mol. The third kappa shape index (κ3) is 4.19. The van der Waals surface area contributed by atoms with Crippen molar-refractivity contribution in [1.29, 1.82) is 0 Å². The van der Waals surface area contributed by atoms with E-state index in [0.29, 0.717) is 5.69 Å². The minimum Gasteiger partial charge on any atom is -0.494 e. The van der Waals surface area contributed by atoms with Gasteiger partial charge in [0.15, 0.2) is 0 Å². The number of hydrogen-bond acceptors (Lipinski definition) is 5. The molecule has 2 aromatic rings. The summed E-state index contributed by atoms with van der Waals surface area (Å²) < 4.78 is 5.61. The van der Waals surface area contributed by atoms with Gasteiger partial charge in [-0.1, -0.05) is 6.92 Å². The number of thiazole rings is 1. The number of ether oxygens (including phenoxy) is 1. The number of likely N-dealkylation sites (N-methyl/N-ethyl adjacent to an activating group) is 1. The molecule has 1 unspecified atom stereocenters. The van der Waals surface area contributed by atoms with Crippen LogP contribution in [0.2, 0.25) is 0 Å². The maximum absolute atomic E-state index is 12.8. The van der Waals surface area contributed by atoms with Crippen molar-refractivity contribution >= 4 is 17.2 Å². The van der Waals surface area contributed by atoms with Crippen LogP contribution in [0, 0.1) is 0 Å². The van der Waals surface area contributed by atoms with Gasteiger partial charge in [0, 0.05) is 30.1 Å². The van der Waals surface area contributed by atoms with Gasteiger partial charge < -0.3 is 15.0 Å². The second-order valence-corrected chi connectivity index (χ2v) is 7.12. The van der Waals surface area contributed by atoms with Crippen molar-refractivity contribution in [3.05, 3.63) is 35.3 Å². The molecule has 1 N–H and O–H groups in total. The van der Waals surface area contributed by atoms with Crippen molar-refractivity contribution < 1.29 is 9.53 Å². The average Bonchev–Trinajstić information content (AvgIpc) is 3.30. The molecule has 1 aromatic heterocycles. The summed E-state index contributed by atoms with van der Waals surface area (Å²) in [4.78, 5) is 19.3. The fraction of sp³-hybridized carbons (Fsp3) is 0.474. The normalized spacial score (nSPS) is 17.0. The molecule has 1 atom stereocenters. The lowest BCUT2D eigenvalue weighted by Crippen LogP contribution is -2.40. The van der Waals surface area contributed by atoms with Crippen LogP contribution in [0.5, 0.6) is 5.75 Å². The quantitative estimate of drug-likeness (QED) is 0.823. The molecule has 1 fully saturated rings. The molecule has 1 aromatic carbocycles. The Morgan fingerprint density at radius 3 is 2.92 bits per heavy atom. The van der Waals surface area contributed by atoms with Gasteiger partial charge in [-0.15, -0.1) is 11.3 Å². The first kappa shape index (κ1) is 17.9. The molecule has 0 aliphatic carbocycles. The number of rotatable bonds is 7. The van der Waals surface area contributed by atoms with E-state index in [0.717, 1.165) is 55.3 Å². The van der Waals surface area contributed by atoms with Crippen molar-refractivity contribution in [3.63, 3.8) is 0 Å². The van der Waals surface area contributed by atoms with Gasteiger partial charge in [-0.2, -0.15) is 0 Å². The van der Waals surface area contributed by atoms with Crippen molar-refractivity contribution in [3.8, 4) is 16.3 Å². The Balaban J connectivity index is 1.70. The maximum atomic E-state index is 12.8. The number of amides is 1. The van der Waals surface area contributed by atoms with Gasteiger partial charge in [-0.05, 0) is 50.6 Å². The minimum absolute atomic E-state index is 0.0446. The van der Waals surface area contributed by atoms with Crippen LogP contribution in [-0.4, -0.2) is 48.6 Å². The fourth-order valence-corrected chi connectivity index (χ4v) is 3.92. The largest absolute Gasteiger partial charge is 0.494 e. The third-order valence-corrected chi connectivity index (χ3v) is 5.27. The van der Waals surface area contributed by atoms with Crippen molar-refractivity contribution in [2.75, 3.05) is 26.7 Å². The predicted octanol–water partition coefficient (Wildman–Crippen LogP) is 3.42. The molecule has 134 valence electrons. The van der Waals surface area contributed by atoms with Crippen molar-refractivity contribution in [1.82, 2.24) is 15.2 Å². The molecular formula is C19H25N3O2S. The molecule has 3 rings (SSSR count). The summed E-state index contributed by atoms with van der Waals surface area (Å²) in [6, 6.07) is 8.18. The van der Waals surface area contributed by atoms with Crippen molar-refractivity contribution in [2.45, 2.75) is 32.2 Å². The first-order chi connectivity index (χ1) is 12.2. The van der Waals surface area contributed by atoms with Crippen LogP contribution >= 0.6 is 11.3 Å². The summed E-state index contributed by atoms with van der Waals surface area (Å²) in [7, 11) is 1.93. The predicted molar refractivity (Wildman–Crippen MR) is 101 cm³/mol. The highest BCUT2D eigenvalue weighted by molar-refractivity contribution is 7.13. The molecule has 25 heavy (non-hydrogen) atoms. The molecule has 0 spiro atoms. The zero-order valence-electron chi connectivity index (χ0n) is 14.8. The molecule has 0 bridgehead atoms. The van der Waals surface area contributed by atoms with E-state index < -0.39 is 0 Å². The highest BCUT2D eigenvalue weighted by Gasteiger charge is 2.30. The van der Waals surface area contributed by atoms with Crippen LogP contribution in [0.15, 0.2) is 29.6 Å². The third-order valence-electron chi connectivity index (χ3n) is 4.38. The smallest absolute Gasteiger partial charge is 0.273 e. The first-order valence-corrected chi connectivity index (χ1v) is 9.75. The van der Waals surface area contributed by atoms with E-state index in [1.807, 2.05) is 41.6 Å². The Hall–Kier alpha value is -1.92. The number of carbonyl (C=O) groups excluding carboxylic acids is 1. The SMILES string of the molecule is CCCOc1ccc(-c2nc(C(=O)N3CCCC3CNC)cs2)cc1. The zero-order valence-corrected chi connectivity index (χ0v) is 15.6. The van der Waals surface area contributed by atoms with Gasteiger partial charge >= 0.3 is 0 Å². The fourth-order valence-electron chi connectivity index (χ4n) is 3.12. The highest BCUT2D eigenvalue weighted by atomic mass is 32.1. The molecule has 6 heteroatoms. The minimum atomic E-state index is 0.0446. The topological polar surface area (TPSA) is 54.5 Å². The van der Waals surface area contributed by atoms with Gasteiger partial charge in [0.25, 0.3) is 5.91 Å². The molecule has 1 aliphatic rings. The summed E-state index contributed by atoms with van der Waals surface area (Å²) in [5, 5.41) is 5.91. The van der Waals surface area contributed by atoms with Gasteiger partial charge in [0.05, 0.1) is 6.61 Å². The molecule has 2 heterocycles. The van der Waals surface area contributed by atoms with Crippen LogP contribution < -0.4 is 10.1 Å². The molecule has 1 amide bonds. The Kier molecular flexibility index (Phi) is 6.04. The second kappa shape index (κ2) is 8.45. The van der Waals surface area contributed by atoms with Gasteiger partial charge in [0.1, 0.15) is 16.5 Å². The van der Waals surface area contributed by atoms with Crippen LogP contribution in [0.4, 0.5) is 0 Å². The van der Waals surface area contributed by atoms with E-state index in [2.05, 4.69) is 17.2 Å². The lowest BCUT2D eigenvalue weighted by molar-refractivity contribution is 0.0732. The van der Waals surface area contributed by atoms with Gasteiger partial charge in [-0.3, -0.25) is 4.79 Å². The lowest BCUT2D eigenvalue weighted by atomic mass is 10.2. The number of carbonyl (C=O) groups is 1. The van der Waals surface area contributed by atoms with E-state index in [1.165, 1.54) is 11.3 Å². The molecule has 0 radical (unpaired) electrons. The number of nitrogens with one attached hydrogen (secondary N) is 1. The second-order valence-electron chi connectivity index (χ2n) is 6.26. The molecule has 0 saturated carbocycles. The van der Waals surface area contributed by atoms with E-state index in [9.17, 15) is 4.79 Å². The molecule has 5 nitrogen and oxygen atoms in total. The summed E-state index contributed by atoms with van der Waals surface area (Å²) in [6.45, 7) is 4.46. The van der Waals surface area contributed by atoms with E-state index in [1.54, 1.807) is 0 Å². The highest BCUT2D eigenvalue weighted by Crippen LogP contribution is 2.27. The number of nitrogens with zero attached hydrogens (tertiary/aromatic N) is 2. The molecule has 1 aliphatic heterocycles. The number of aromatic nitrogens is 1. The van der Waals surface area contributed by atoms with E-state index >= 15 is 0 Å². The van der Waals surface area contributed by atoms with Gasteiger partial charge in [0.2, 0.25) is 0 Å². The summed E-state index contributed by atoms with van der Waals surface area (Å²) >= 11 is 1.51. The summed E-state index contributed by atoms with van der Waals surface area (Å²) in [6.07, 6.45) is 3.11. The number of likely N-dealkylation sites (tertiary alicyclic amines) is 1. The number of hydrogen-bond donors (Lipinski definition) is 1. The van der Waals surface area contributed by atoms with Crippen LogP contribution in [0.25, 0.3) is 10.6 Å². The Morgan fingerprint density at radius 1 is 1.40 bits per heavy atom. The Morgan fingerprint density at radius 2 is 2.20 bits per heavy atom. The summed E-state index contributed by atoms with van der Waals surface area (Å²) in [5.41, 5.74) is 1.57. The van der Waals surface area contributed by atoms with Crippen LogP contribution in [0.3, 0.4) is 0 Å². The zero-order chi connectivity index (χ0) is 17.6. The van der Waals surface area contributed by atoms with E-state index in [4.69, 9.17) is 4.74 Å². The van der Waals surface area contributed by atoms with Crippen molar-refractivity contribution in [2.24, 2.45) is 0 Å². The Bertz CT molecular complexity index is 699. The van der Waals surface area contributed by atoms with E-state index in [-0.39, 0.29) is 11.9 Å².